The van der Waals surface area contributed by atoms with Gasteiger partial charge in [-0.2, -0.15) is 0 Å². The smallest absolute Gasteiger partial charge is 0.326 e. The number of halogens is 2. The third-order valence-corrected chi connectivity index (χ3v) is 6.69. The van der Waals surface area contributed by atoms with E-state index in [9.17, 15) is 19.1 Å². The minimum Gasteiger partial charge on any atom is -0.480 e. The molecule has 3 rings (SSSR count). The predicted molar refractivity (Wildman–Crippen MR) is 142 cm³/mol. The molecule has 0 spiro atoms. The van der Waals surface area contributed by atoms with Gasteiger partial charge in [0.25, 0.3) is 5.91 Å². The van der Waals surface area contributed by atoms with Gasteiger partial charge in [0.1, 0.15) is 17.7 Å². The molecule has 1 aromatic carbocycles. The van der Waals surface area contributed by atoms with Crippen molar-refractivity contribution < 1.29 is 23.8 Å². The van der Waals surface area contributed by atoms with Crippen molar-refractivity contribution in [3.05, 3.63) is 58.0 Å². The number of ether oxygens (including phenoxy) is 1. The molecule has 2 heterocycles. The molecule has 1 unspecified atom stereocenters. The number of nitrogens with one attached hydrogen (secondary N) is 2. The third kappa shape index (κ3) is 9.25. The number of aliphatic carboxylic acids is 1. The van der Waals surface area contributed by atoms with Gasteiger partial charge in [-0.15, -0.1) is 0 Å². The van der Waals surface area contributed by atoms with Gasteiger partial charge in [-0.05, 0) is 81.8 Å². The first kappa shape index (κ1) is 28.8. The normalized spacial score (nSPS) is 13.6. The van der Waals surface area contributed by atoms with Crippen LogP contribution < -0.4 is 10.6 Å². The van der Waals surface area contributed by atoms with Crippen molar-refractivity contribution in [2.45, 2.75) is 51.5 Å². The fraction of sp³-hybridized carbons (Fsp3) is 0.519. The number of pyridine rings is 1. The summed E-state index contributed by atoms with van der Waals surface area (Å²) in [4.78, 5) is 31.3. The summed E-state index contributed by atoms with van der Waals surface area (Å²) in [5, 5.41) is 15.5. The van der Waals surface area contributed by atoms with Crippen LogP contribution in [0.3, 0.4) is 0 Å². The van der Waals surface area contributed by atoms with E-state index < -0.39 is 23.7 Å². The fourth-order valence-corrected chi connectivity index (χ4v) is 4.55. The first-order valence-electron chi connectivity index (χ1n) is 12.9. The Labute approximate surface area is 222 Å². The second kappa shape index (κ2) is 14.9. The van der Waals surface area contributed by atoms with E-state index in [1.165, 1.54) is 11.6 Å². The number of unbranched alkanes of at least 4 members (excludes halogenated alkanes) is 1. The van der Waals surface area contributed by atoms with Crippen LogP contribution >= 0.6 is 11.6 Å². The molecule has 2 aromatic rings. The highest BCUT2D eigenvalue weighted by molar-refractivity contribution is 6.33. The van der Waals surface area contributed by atoms with Crippen molar-refractivity contribution in [2.75, 3.05) is 44.7 Å². The summed E-state index contributed by atoms with van der Waals surface area (Å²) in [6.45, 7) is 5.97. The van der Waals surface area contributed by atoms with Gasteiger partial charge in [0, 0.05) is 31.9 Å². The monoisotopic (exact) mass is 534 g/mol. The van der Waals surface area contributed by atoms with Crippen molar-refractivity contribution >= 4 is 29.3 Å². The SMILES string of the molecule is CCOCCN(CCCCc1ccc2c(n1)NCCC2)CCC(NC(=O)c1ccc(F)cc1Cl)C(=O)O. The Hall–Kier alpha value is -2.75. The Morgan fingerprint density at radius 3 is 2.84 bits per heavy atom. The highest BCUT2D eigenvalue weighted by Crippen LogP contribution is 2.20. The lowest BCUT2D eigenvalue weighted by Crippen LogP contribution is -2.43. The predicted octanol–water partition coefficient (Wildman–Crippen LogP) is 4.17. The third-order valence-electron chi connectivity index (χ3n) is 6.38. The molecule has 1 aliphatic heterocycles. The topological polar surface area (TPSA) is 104 Å². The summed E-state index contributed by atoms with van der Waals surface area (Å²) in [6.07, 6.45) is 5.17. The van der Waals surface area contributed by atoms with Crippen molar-refractivity contribution in [1.29, 1.82) is 0 Å². The van der Waals surface area contributed by atoms with Gasteiger partial charge < -0.3 is 25.4 Å². The molecular formula is C27H36ClFN4O4. The maximum Gasteiger partial charge on any atom is 0.326 e. The van der Waals surface area contributed by atoms with Crippen LogP contribution in [0, 0.1) is 5.82 Å². The quantitative estimate of drug-likeness (QED) is 0.295. The molecule has 1 atom stereocenters. The molecule has 1 aliphatic rings. The number of hydrogen-bond acceptors (Lipinski definition) is 6. The van der Waals surface area contributed by atoms with Crippen molar-refractivity contribution in [1.82, 2.24) is 15.2 Å². The van der Waals surface area contributed by atoms with Crippen LogP contribution in [0.5, 0.6) is 0 Å². The van der Waals surface area contributed by atoms with Gasteiger partial charge in [-0.25, -0.2) is 14.2 Å². The Morgan fingerprint density at radius 2 is 2.08 bits per heavy atom. The van der Waals surface area contributed by atoms with Crippen LogP contribution in [-0.2, 0) is 22.4 Å². The summed E-state index contributed by atoms with van der Waals surface area (Å²) in [6, 6.07) is 6.55. The minimum atomic E-state index is -1.14. The molecular weight excluding hydrogens is 499 g/mol. The van der Waals surface area contributed by atoms with Crippen LogP contribution in [0.2, 0.25) is 5.02 Å². The maximum atomic E-state index is 13.3. The van der Waals surface area contributed by atoms with E-state index >= 15 is 0 Å². The van der Waals surface area contributed by atoms with E-state index in [0.717, 1.165) is 68.8 Å². The zero-order chi connectivity index (χ0) is 26.6. The van der Waals surface area contributed by atoms with Crippen LogP contribution in [-0.4, -0.2) is 72.3 Å². The van der Waals surface area contributed by atoms with Crippen molar-refractivity contribution in [3.8, 4) is 0 Å². The Kier molecular flexibility index (Phi) is 11.6. The number of aromatic nitrogens is 1. The van der Waals surface area contributed by atoms with E-state index in [4.69, 9.17) is 21.3 Å². The molecule has 1 aromatic heterocycles. The standard InChI is InChI=1S/C27H36ClFN4O4/c1-2-37-17-16-33(14-4-3-7-21-10-8-19-6-5-13-30-25(19)31-21)15-12-24(27(35)36)32-26(34)22-11-9-20(29)18-23(22)28/h8-11,18,24H,2-7,12-17H2,1H3,(H,30,31)(H,32,34)(H,35,36). The number of fused-ring (bicyclic) bond motifs is 1. The van der Waals surface area contributed by atoms with Crippen molar-refractivity contribution in [2.24, 2.45) is 0 Å². The van der Waals surface area contributed by atoms with Crippen LogP contribution in [0.15, 0.2) is 30.3 Å². The summed E-state index contributed by atoms with van der Waals surface area (Å²) in [7, 11) is 0. The number of amides is 1. The maximum absolute atomic E-state index is 13.3. The second-order valence-electron chi connectivity index (χ2n) is 9.11. The van der Waals surface area contributed by atoms with E-state index in [-0.39, 0.29) is 17.0 Å². The first-order chi connectivity index (χ1) is 17.9. The fourth-order valence-electron chi connectivity index (χ4n) is 4.30. The van der Waals surface area contributed by atoms with E-state index in [0.29, 0.717) is 26.3 Å². The zero-order valence-electron chi connectivity index (χ0n) is 21.3. The molecule has 0 saturated carbocycles. The highest BCUT2D eigenvalue weighted by atomic mass is 35.5. The number of rotatable bonds is 15. The van der Waals surface area contributed by atoms with Gasteiger partial charge >= 0.3 is 5.97 Å². The van der Waals surface area contributed by atoms with Crippen molar-refractivity contribution in [3.63, 3.8) is 0 Å². The number of benzene rings is 1. The van der Waals surface area contributed by atoms with Gasteiger partial charge in [0.05, 0.1) is 17.2 Å². The number of anilines is 1. The van der Waals surface area contributed by atoms with Crippen LogP contribution in [0.25, 0.3) is 0 Å². The Morgan fingerprint density at radius 1 is 1.24 bits per heavy atom. The molecule has 0 aliphatic carbocycles. The molecule has 1 amide bonds. The van der Waals surface area contributed by atoms with Crippen LogP contribution in [0.4, 0.5) is 10.2 Å². The van der Waals surface area contributed by atoms with E-state index in [2.05, 4.69) is 27.7 Å². The molecule has 0 fully saturated rings. The largest absolute Gasteiger partial charge is 0.480 e. The van der Waals surface area contributed by atoms with Gasteiger partial charge in [0.15, 0.2) is 0 Å². The zero-order valence-corrected chi connectivity index (χ0v) is 22.0. The number of carboxylic acids is 1. The molecule has 0 radical (unpaired) electrons. The molecule has 0 saturated heterocycles. The average Bonchev–Trinajstić information content (AvgIpc) is 2.88. The molecule has 0 bridgehead atoms. The van der Waals surface area contributed by atoms with Gasteiger partial charge in [0.2, 0.25) is 0 Å². The Bertz CT molecular complexity index is 1060. The second-order valence-corrected chi connectivity index (χ2v) is 9.52. The number of carbonyl (C=O) groups is 2. The van der Waals surface area contributed by atoms with Gasteiger partial charge in [-0.1, -0.05) is 17.7 Å². The molecule has 202 valence electrons. The van der Waals surface area contributed by atoms with Gasteiger partial charge in [-0.3, -0.25) is 4.79 Å². The number of carbonyl (C=O) groups excluding carboxylic acids is 1. The molecule has 3 N–H and O–H groups in total. The number of hydrogen-bond donors (Lipinski definition) is 3. The lowest BCUT2D eigenvalue weighted by atomic mass is 10.1. The van der Waals surface area contributed by atoms with Crippen LogP contribution in [0.1, 0.15) is 54.2 Å². The lowest BCUT2D eigenvalue weighted by molar-refractivity contribution is -0.139. The minimum absolute atomic E-state index is 0.0357. The summed E-state index contributed by atoms with van der Waals surface area (Å²) >= 11 is 5.96. The summed E-state index contributed by atoms with van der Waals surface area (Å²) in [5.41, 5.74) is 2.38. The Balaban J connectivity index is 1.50. The number of aryl methyl sites for hydroxylation is 2. The summed E-state index contributed by atoms with van der Waals surface area (Å²) in [5.74, 6) is -1.35. The summed E-state index contributed by atoms with van der Waals surface area (Å²) < 4.78 is 18.8. The first-order valence-corrected chi connectivity index (χ1v) is 13.3. The highest BCUT2D eigenvalue weighted by Gasteiger charge is 2.23. The molecule has 10 heteroatoms. The van der Waals surface area contributed by atoms with E-state index in [1.807, 2.05) is 6.92 Å². The molecule has 37 heavy (non-hydrogen) atoms. The average molecular weight is 535 g/mol. The number of carboxylic acid groups (broad SMARTS) is 1. The van der Waals surface area contributed by atoms with E-state index in [1.54, 1.807) is 0 Å². The number of nitrogens with zero attached hydrogens (tertiary/aromatic N) is 2. The lowest BCUT2D eigenvalue weighted by Gasteiger charge is -2.24. The molecule has 8 nitrogen and oxygen atoms in total.